The van der Waals surface area contributed by atoms with Gasteiger partial charge >= 0.3 is 5.97 Å². The maximum absolute atomic E-state index is 12.9. The Morgan fingerprint density at radius 3 is 2.44 bits per heavy atom. The van der Waals surface area contributed by atoms with Gasteiger partial charge in [0.15, 0.2) is 17.6 Å². The molecule has 2 heterocycles. The van der Waals surface area contributed by atoms with Crippen LogP contribution in [0.1, 0.15) is 49.4 Å². The summed E-state index contributed by atoms with van der Waals surface area (Å²) < 4.78 is 18.6. The minimum atomic E-state index is -1.05. The lowest BCUT2D eigenvalue weighted by Gasteiger charge is -2.28. The number of carbonyl (C=O) groups excluding carboxylic acids is 2. The standard InChI is InChI=1S/C24H29N3O5/c1-14(2)24(6,13-25)26-22(28)17(5)32-23(29)19-11-15(3)27(16(19)4)18-7-8-20-21(12-18)31-10-9-30-20/h7-8,11-12,14,17H,9-10H2,1-6H3,(H,26,28). The summed E-state index contributed by atoms with van der Waals surface area (Å²) in [4.78, 5) is 25.4. The molecule has 1 aromatic carbocycles. The van der Waals surface area contributed by atoms with Crippen LogP contribution in [0.3, 0.4) is 0 Å². The monoisotopic (exact) mass is 439 g/mol. The lowest BCUT2D eigenvalue weighted by molar-refractivity contribution is -0.130. The highest BCUT2D eigenvalue weighted by Gasteiger charge is 2.33. The van der Waals surface area contributed by atoms with Crippen molar-refractivity contribution in [1.29, 1.82) is 5.26 Å². The third-order valence-corrected chi connectivity index (χ3v) is 5.86. The van der Waals surface area contributed by atoms with Crippen molar-refractivity contribution in [3.05, 3.63) is 41.2 Å². The molecular formula is C24H29N3O5. The average molecular weight is 440 g/mol. The summed E-state index contributed by atoms with van der Waals surface area (Å²) in [6.07, 6.45) is -1.05. The Labute approximate surface area is 188 Å². The Hall–Kier alpha value is -3.47. The summed E-state index contributed by atoms with van der Waals surface area (Å²) in [6.45, 7) is 11.5. The topological polar surface area (TPSA) is 103 Å². The van der Waals surface area contributed by atoms with Crippen molar-refractivity contribution < 1.29 is 23.8 Å². The zero-order valence-electron chi connectivity index (χ0n) is 19.3. The molecule has 2 unspecified atom stereocenters. The van der Waals surface area contributed by atoms with Crippen LogP contribution in [0.5, 0.6) is 11.5 Å². The molecule has 1 amide bonds. The van der Waals surface area contributed by atoms with Crippen molar-refractivity contribution in [3.8, 4) is 23.3 Å². The van der Waals surface area contributed by atoms with E-state index in [-0.39, 0.29) is 5.92 Å². The number of nitrogens with one attached hydrogen (secondary N) is 1. The number of aromatic nitrogens is 1. The van der Waals surface area contributed by atoms with Gasteiger partial charge in [0.2, 0.25) is 0 Å². The maximum Gasteiger partial charge on any atom is 0.340 e. The highest BCUT2D eigenvalue weighted by molar-refractivity contribution is 5.94. The van der Waals surface area contributed by atoms with Crippen LogP contribution in [-0.2, 0) is 9.53 Å². The first-order valence-electron chi connectivity index (χ1n) is 10.6. The molecule has 2 atom stereocenters. The quantitative estimate of drug-likeness (QED) is 0.692. The smallest absolute Gasteiger partial charge is 0.340 e. The number of esters is 1. The molecule has 1 aliphatic heterocycles. The second-order valence-corrected chi connectivity index (χ2v) is 8.45. The molecule has 2 aromatic rings. The molecule has 0 radical (unpaired) electrons. The summed E-state index contributed by atoms with van der Waals surface area (Å²) >= 11 is 0. The van der Waals surface area contributed by atoms with E-state index in [1.807, 2.05) is 50.5 Å². The zero-order chi connectivity index (χ0) is 23.6. The van der Waals surface area contributed by atoms with Gasteiger partial charge in [-0.05, 0) is 51.8 Å². The van der Waals surface area contributed by atoms with Gasteiger partial charge < -0.3 is 24.1 Å². The molecule has 0 aliphatic carbocycles. The van der Waals surface area contributed by atoms with Crippen LogP contribution in [0, 0.1) is 31.1 Å². The van der Waals surface area contributed by atoms with Crippen molar-refractivity contribution in [3.63, 3.8) is 0 Å². The Kier molecular flexibility index (Phi) is 6.49. The van der Waals surface area contributed by atoms with Gasteiger partial charge in [0.25, 0.3) is 5.91 Å². The van der Waals surface area contributed by atoms with Crippen LogP contribution in [0.25, 0.3) is 5.69 Å². The number of rotatable bonds is 6. The molecule has 8 heteroatoms. The van der Waals surface area contributed by atoms with E-state index >= 15 is 0 Å². The maximum atomic E-state index is 12.9. The van der Waals surface area contributed by atoms with Crippen molar-refractivity contribution >= 4 is 11.9 Å². The molecule has 1 aliphatic rings. The van der Waals surface area contributed by atoms with Crippen LogP contribution in [0.2, 0.25) is 0 Å². The summed E-state index contributed by atoms with van der Waals surface area (Å²) in [5.41, 5.74) is 1.66. The predicted octanol–water partition coefficient (Wildman–Crippen LogP) is 3.47. The van der Waals surface area contributed by atoms with Crippen LogP contribution >= 0.6 is 0 Å². The first kappa shape index (κ1) is 23.2. The van der Waals surface area contributed by atoms with Gasteiger partial charge in [-0.15, -0.1) is 0 Å². The van der Waals surface area contributed by atoms with E-state index in [1.54, 1.807) is 13.0 Å². The summed E-state index contributed by atoms with van der Waals surface area (Å²) in [7, 11) is 0. The highest BCUT2D eigenvalue weighted by Crippen LogP contribution is 2.33. The van der Waals surface area contributed by atoms with E-state index in [1.165, 1.54) is 6.92 Å². The summed E-state index contributed by atoms with van der Waals surface area (Å²) in [5.74, 6) is 0.114. The number of carbonyl (C=O) groups is 2. The summed E-state index contributed by atoms with van der Waals surface area (Å²) in [6, 6.07) is 9.45. The molecule has 1 N–H and O–H groups in total. The fourth-order valence-electron chi connectivity index (χ4n) is 3.47. The lowest BCUT2D eigenvalue weighted by atomic mass is 9.90. The van der Waals surface area contributed by atoms with Gasteiger partial charge in [-0.25, -0.2) is 4.79 Å². The van der Waals surface area contributed by atoms with Crippen molar-refractivity contribution in [1.82, 2.24) is 9.88 Å². The van der Waals surface area contributed by atoms with Gasteiger partial charge in [-0.1, -0.05) is 13.8 Å². The Morgan fingerprint density at radius 1 is 1.16 bits per heavy atom. The number of nitrogens with zero attached hydrogens (tertiary/aromatic N) is 2. The third-order valence-electron chi connectivity index (χ3n) is 5.86. The van der Waals surface area contributed by atoms with Crippen LogP contribution in [0.15, 0.2) is 24.3 Å². The molecule has 0 saturated carbocycles. The van der Waals surface area contributed by atoms with Crippen LogP contribution in [-0.4, -0.2) is 41.3 Å². The number of hydrogen-bond donors (Lipinski definition) is 1. The molecule has 170 valence electrons. The number of hydrogen-bond acceptors (Lipinski definition) is 6. The SMILES string of the molecule is Cc1cc(C(=O)OC(C)C(=O)NC(C)(C#N)C(C)C)c(C)n1-c1ccc2c(c1)OCCO2. The molecule has 8 nitrogen and oxygen atoms in total. The van der Waals surface area contributed by atoms with Crippen molar-refractivity contribution in [2.75, 3.05) is 13.2 Å². The minimum absolute atomic E-state index is 0.107. The molecule has 0 saturated heterocycles. The van der Waals surface area contributed by atoms with Crippen molar-refractivity contribution in [2.45, 2.75) is 53.2 Å². The van der Waals surface area contributed by atoms with Gasteiger partial charge in [-0.2, -0.15) is 5.26 Å². The lowest BCUT2D eigenvalue weighted by Crippen LogP contribution is -2.52. The molecular weight excluding hydrogens is 410 g/mol. The van der Waals surface area contributed by atoms with E-state index < -0.39 is 23.5 Å². The Morgan fingerprint density at radius 2 is 1.81 bits per heavy atom. The molecule has 0 bridgehead atoms. The number of nitriles is 1. The van der Waals surface area contributed by atoms with Gasteiger partial charge in [0.1, 0.15) is 18.8 Å². The number of ether oxygens (including phenoxy) is 3. The molecule has 0 spiro atoms. The number of fused-ring (bicyclic) bond motifs is 1. The third kappa shape index (κ3) is 4.42. The normalized spacial score (nSPS) is 15.4. The van der Waals surface area contributed by atoms with Crippen LogP contribution in [0.4, 0.5) is 0 Å². The fraction of sp³-hybridized carbons (Fsp3) is 0.458. The molecule has 0 fully saturated rings. The highest BCUT2D eigenvalue weighted by atomic mass is 16.6. The number of benzene rings is 1. The first-order chi connectivity index (χ1) is 15.1. The minimum Gasteiger partial charge on any atom is -0.486 e. The van der Waals surface area contributed by atoms with E-state index in [4.69, 9.17) is 14.2 Å². The number of aryl methyl sites for hydroxylation is 1. The Balaban J connectivity index is 1.79. The second-order valence-electron chi connectivity index (χ2n) is 8.45. The van der Waals surface area contributed by atoms with E-state index in [2.05, 4.69) is 11.4 Å². The molecule has 1 aromatic heterocycles. The predicted molar refractivity (Wildman–Crippen MR) is 118 cm³/mol. The largest absolute Gasteiger partial charge is 0.486 e. The van der Waals surface area contributed by atoms with Gasteiger partial charge in [-0.3, -0.25) is 4.79 Å². The zero-order valence-corrected chi connectivity index (χ0v) is 19.3. The second kappa shape index (κ2) is 8.95. The first-order valence-corrected chi connectivity index (χ1v) is 10.6. The Bertz CT molecular complexity index is 1080. The van der Waals surface area contributed by atoms with Gasteiger partial charge in [0, 0.05) is 23.1 Å². The molecule has 32 heavy (non-hydrogen) atoms. The van der Waals surface area contributed by atoms with E-state index in [0.29, 0.717) is 36.0 Å². The van der Waals surface area contributed by atoms with Crippen LogP contribution < -0.4 is 14.8 Å². The average Bonchev–Trinajstić information content (AvgIpc) is 3.06. The van der Waals surface area contributed by atoms with Crippen molar-refractivity contribution in [2.24, 2.45) is 5.92 Å². The van der Waals surface area contributed by atoms with Gasteiger partial charge in [0.05, 0.1) is 11.6 Å². The fourth-order valence-corrected chi connectivity index (χ4v) is 3.47. The van der Waals surface area contributed by atoms with E-state index in [9.17, 15) is 14.9 Å². The van der Waals surface area contributed by atoms with E-state index in [0.717, 1.165) is 11.4 Å². The molecule has 3 rings (SSSR count). The number of amides is 1. The summed E-state index contributed by atoms with van der Waals surface area (Å²) in [5, 5.41) is 12.1.